The summed E-state index contributed by atoms with van der Waals surface area (Å²) in [5.41, 5.74) is 0.805. The summed E-state index contributed by atoms with van der Waals surface area (Å²) in [6.45, 7) is 12.7. The van der Waals surface area contributed by atoms with Gasteiger partial charge >= 0.3 is 0 Å². The van der Waals surface area contributed by atoms with Crippen LogP contribution in [0.15, 0.2) is 18.5 Å². The maximum absolute atomic E-state index is 5.91. The molecule has 1 unspecified atom stereocenters. The first-order chi connectivity index (χ1) is 9.55. The fourth-order valence-electron chi connectivity index (χ4n) is 2.35. The maximum Gasteiger partial charge on any atom is 0.137 e. The van der Waals surface area contributed by atoms with Gasteiger partial charge in [0.05, 0.1) is 24.4 Å². The van der Waals surface area contributed by atoms with E-state index in [4.69, 9.17) is 9.47 Å². The van der Waals surface area contributed by atoms with Crippen LogP contribution in [0.5, 0.6) is 5.75 Å². The van der Waals surface area contributed by atoms with Crippen LogP contribution in [0.1, 0.15) is 52.6 Å². The van der Waals surface area contributed by atoms with Crippen LogP contribution in [0.4, 0.5) is 0 Å². The highest BCUT2D eigenvalue weighted by Crippen LogP contribution is 2.30. The summed E-state index contributed by atoms with van der Waals surface area (Å²) in [6.07, 6.45) is 4.71. The average Bonchev–Trinajstić information content (AvgIpc) is 2.39. The molecule has 4 nitrogen and oxygen atoms in total. The zero-order valence-corrected chi connectivity index (χ0v) is 13.4. The molecule has 1 aromatic rings. The Morgan fingerprint density at radius 3 is 2.55 bits per heavy atom. The van der Waals surface area contributed by atoms with Crippen molar-refractivity contribution in [3.05, 3.63) is 24.0 Å². The van der Waals surface area contributed by atoms with E-state index in [-0.39, 0.29) is 11.6 Å². The Morgan fingerprint density at radius 2 is 1.95 bits per heavy atom. The van der Waals surface area contributed by atoms with E-state index >= 15 is 0 Å². The summed E-state index contributed by atoms with van der Waals surface area (Å²) < 4.78 is 11.5. The molecule has 0 aliphatic carbocycles. The average molecular weight is 280 g/mol. The van der Waals surface area contributed by atoms with Gasteiger partial charge in [0.2, 0.25) is 0 Å². The van der Waals surface area contributed by atoms with Gasteiger partial charge in [-0.25, -0.2) is 0 Å². The molecule has 114 valence electrons. The van der Waals surface area contributed by atoms with Gasteiger partial charge in [-0.2, -0.15) is 0 Å². The van der Waals surface area contributed by atoms with Crippen LogP contribution in [-0.4, -0.2) is 30.3 Å². The predicted octanol–water partition coefficient (Wildman–Crippen LogP) is 3.34. The van der Waals surface area contributed by atoms with Crippen molar-refractivity contribution in [3.8, 4) is 5.75 Å². The topological polar surface area (TPSA) is 43.4 Å². The lowest BCUT2D eigenvalue weighted by atomic mass is 9.92. The molecule has 0 aliphatic heterocycles. The maximum atomic E-state index is 5.91. The number of pyridine rings is 1. The SMILES string of the molecule is CCCNC(c1cncc(OCC)c1)C(C)(C)OCC. The van der Waals surface area contributed by atoms with Gasteiger partial charge in [-0.15, -0.1) is 0 Å². The van der Waals surface area contributed by atoms with Gasteiger partial charge in [-0.05, 0) is 52.3 Å². The Labute approximate surface area is 122 Å². The molecule has 1 aromatic heterocycles. The largest absolute Gasteiger partial charge is 0.492 e. The van der Waals surface area contributed by atoms with Gasteiger partial charge in [0, 0.05) is 12.8 Å². The van der Waals surface area contributed by atoms with Crippen LogP contribution in [0, 0.1) is 0 Å². The number of nitrogens with zero attached hydrogens (tertiary/aromatic N) is 1. The third kappa shape index (κ3) is 4.76. The second-order valence-electron chi connectivity index (χ2n) is 5.31. The molecule has 4 heteroatoms. The van der Waals surface area contributed by atoms with Crippen LogP contribution in [-0.2, 0) is 4.74 Å². The summed E-state index contributed by atoms with van der Waals surface area (Å²) >= 11 is 0. The predicted molar refractivity (Wildman–Crippen MR) is 82.1 cm³/mol. The van der Waals surface area contributed by atoms with Crippen LogP contribution in [0.2, 0.25) is 0 Å². The summed E-state index contributed by atoms with van der Waals surface area (Å²) in [5.74, 6) is 0.806. The van der Waals surface area contributed by atoms with Gasteiger partial charge in [0.25, 0.3) is 0 Å². The smallest absolute Gasteiger partial charge is 0.137 e. The molecule has 0 saturated heterocycles. The van der Waals surface area contributed by atoms with Crippen molar-refractivity contribution in [1.82, 2.24) is 10.3 Å². The molecule has 0 fully saturated rings. The molecule has 0 radical (unpaired) electrons. The Morgan fingerprint density at radius 1 is 1.20 bits per heavy atom. The minimum Gasteiger partial charge on any atom is -0.492 e. The zero-order valence-electron chi connectivity index (χ0n) is 13.4. The fraction of sp³-hybridized carbons (Fsp3) is 0.688. The lowest BCUT2D eigenvalue weighted by Gasteiger charge is -2.35. The van der Waals surface area contributed by atoms with Crippen molar-refractivity contribution in [2.75, 3.05) is 19.8 Å². The second-order valence-corrected chi connectivity index (χ2v) is 5.31. The molecule has 0 spiro atoms. The van der Waals surface area contributed by atoms with Crippen molar-refractivity contribution in [2.45, 2.75) is 52.7 Å². The quantitative estimate of drug-likeness (QED) is 0.753. The van der Waals surface area contributed by atoms with Gasteiger partial charge in [-0.1, -0.05) is 6.92 Å². The lowest BCUT2D eigenvalue weighted by molar-refractivity contribution is -0.0392. The molecule has 0 amide bonds. The van der Waals surface area contributed by atoms with Gasteiger partial charge in [0.1, 0.15) is 5.75 Å². The molecule has 0 saturated carbocycles. The summed E-state index contributed by atoms with van der Waals surface area (Å²) in [5, 5.41) is 3.56. The molecule has 0 aliphatic rings. The molecular formula is C16H28N2O2. The number of hydrogen-bond acceptors (Lipinski definition) is 4. The van der Waals surface area contributed by atoms with E-state index in [1.165, 1.54) is 0 Å². The molecule has 1 heterocycles. The van der Waals surface area contributed by atoms with Gasteiger partial charge < -0.3 is 14.8 Å². The normalized spacial score (nSPS) is 13.2. The zero-order chi connectivity index (χ0) is 15.0. The van der Waals surface area contributed by atoms with Crippen LogP contribution in [0.3, 0.4) is 0 Å². The molecule has 1 atom stereocenters. The fourth-order valence-corrected chi connectivity index (χ4v) is 2.35. The van der Waals surface area contributed by atoms with E-state index in [1.807, 2.05) is 26.1 Å². The van der Waals surface area contributed by atoms with Crippen molar-refractivity contribution in [1.29, 1.82) is 0 Å². The standard InChI is InChI=1S/C16H28N2O2/c1-6-9-18-15(16(4,5)20-8-3)13-10-14(19-7-2)12-17-11-13/h10-12,15,18H,6-9H2,1-5H3. The molecule has 0 bridgehead atoms. The van der Waals surface area contributed by atoms with E-state index in [2.05, 4.69) is 31.1 Å². The minimum absolute atomic E-state index is 0.0929. The highest BCUT2D eigenvalue weighted by Gasteiger charge is 2.31. The molecular weight excluding hydrogens is 252 g/mol. The first-order valence-electron chi connectivity index (χ1n) is 7.50. The first kappa shape index (κ1) is 16.9. The van der Waals surface area contributed by atoms with Crippen LogP contribution < -0.4 is 10.1 Å². The van der Waals surface area contributed by atoms with E-state index in [0.29, 0.717) is 13.2 Å². The van der Waals surface area contributed by atoms with Gasteiger partial charge in [0.15, 0.2) is 0 Å². The van der Waals surface area contributed by atoms with Crippen molar-refractivity contribution < 1.29 is 9.47 Å². The van der Waals surface area contributed by atoms with Crippen molar-refractivity contribution >= 4 is 0 Å². The first-order valence-corrected chi connectivity index (χ1v) is 7.50. The lowest BCUT2D eigenvalue weighted by Crippen LogP contribution is -2.42. The summed E-state index contributed by atoms with van der Waals surface area (Å²) in [7, 11) is 0. The summed E-state index contributed by atoms with van der Waals surface area (Å²) in [6, 6.07) is 2.14. The summed E-state index contributed by atoms with van der Waals surface area (Å²) in [4.78, 5) is 4.29. The van der Waals surface area contributed by atoms with Crippen molar-refractivity contribution in [2.24, 2.45) is 0 Å². The van der Waals surface area contributed by atoms with Crippen LogP contribution >= 0.6 is 0 Å². The number of hydrogen-bond donors (Lipinski definition) is 1. The third-order valence-electron chi connectivity index (χ3n) is 3.19. The Balaban J connectivity index is 3.00. The molecule has 1 N–H and O–H groups in total. The number of rotatable bonds is 9. The van der Waals surface area contributed by atoms with Gasteiger partial charge in [-0.3, -0.25) is 4.98 Å². The molecule has 20 heavy (non-hydrogen) atoms. The van der Waals surface area contributed by atoms with E-state index in [9.17, 15) is 0 Å². The monoisotopic (exact) mass is 280 g/mol. The number of nitrogens with one attached hydrogen (secondary N) is 1. The Hall–Kier alpha value is -1.13. The van der Waals surface area contributed by atoms with Crippen LogP contribution in [0.25, 0.3) is 0 Å². The third-order valence-corrected chi connectivity index (χ3v) is 3.19. The van der Waals surface area contributed by atoms with Crippen molar-refractivity contribution in [3.63, 3.8) is 0 Å². The molecule has 1 rings (SSSR count). The minimum atomic E-state index is -0.295. The highest BCUT2D eigenvalue weighted by molar-refractivity contribution is 5.27. The number of aromatic nitrogens is 1. The number of ether oxygens (including phenoxy) is 2. The highest BCUT2D eigenvalue weighted by atomic mass is 16.5. The van der Waals surface area contributed by atoms with E-state index in [0.717, 1.165) is 24.3 Å². The van der Waals surface area contributed by atoms with E-state index in [1.54, 1.807) is 6.20 Å². The Kier molecular flexibility index (Phi) is 6.96. The Bertz CT molecular complexity index is 394. The second kappa shape index (κ2) is 8.22. The molecule has 0 aromatic carbocycles. The van der Waals surface area contributed by atoms with E-state index < -0.39 is 0 Å².